The third-order valence-electron chi connectivity index (χ3n) is 2.98. The molecule has 7 heteroatoms. The monoisotopic (exact) mass is 285 g/mol. The largest absolute Gasteiger partial charge is 0.388 e. The van der Waals surface area contributed by atoms with E-state index in [1.54, 1.807) is 18.3 Å². The summed E-state index contributed by atoms with van der Waals surface area (Å²) in [4.78, 5) is 4.31. The van der Waals surface area contributed by atoms with E-state index >= 15 is 0 Å². The second kappa shape index (κ2) is 4.47. The number of hydrogen-bond acceptors (Lipinski definition) is 5. The van der Waals surface area contributed by atoms with Gasteiger partial charge in [-0.15, -0.1) is 0 Å². The van der Waals surface area contributed by atoms with Crippen LogP contribution in [0.2, 0.25) is 0 Å². The summed E-state index contributed by atoms with van der Waals surface area (Å²) in [7, 11) is -2.95. The van der Waals surface area contributed by atoms with Crippen LogP contribution in [0.25, 0.3) is 0 Å². The fourth-order valence-electron chi connectivity index (χ4n) is 2.14. The fraction of sp³-hybridized carbons (Fsp3) is 0.455. The normalized spacial score (nSPS) is 25.8. The van der Waals surface area contributed by atoms with Crippen molar-refractivity contribution in [3.8, 4) is 0 Å². The van der Waals surface area contributed by atoms with Crippen LogP contribution in [0.5, 0.6) is 0 Å². The van der Waals surface area contributed by atoms with Crippen LogP contribution in [0.3, 0.4) is 0 Å². The van der Waals surface area contributed by atoms with Gasteiger partial charge in [0.2, 0.25) is 0 Å². The van der Waals surface area contributed by atoms with Crippen LogP contribution in [0, 0.1) is 0 Å². The van der Waals surface area contributed by atoms with Crippen molar-refractivity contribution in [2.24, 2.45) is 5.73 Å². The van der Waals surface area contributed by atoms with Crippen molar-refractivity contribution in [2.45, 2.75) is 18.9 Å². The van der Waals surface area contributed by atoms with Crippen LogP contribution in [0.1, 0.15) is 19.0 Å². The molecule has 1 aromatic rings. The van der Waals surface area contributed by atoms with Gasteiger partial charge in [0, 0.05) is 11.7 Å². The summed E-state index contributed by atoms with van der Waals surface area (Å²) in [6.45, 7) is 1.88. The molecule has 0 amide bonds. The van der Waals surface area contributed by atoms with Gasteiger partial charge in [-0.2, -0.15) is 0 Å². The molecule has 0 aliphatic carbocycles. The van der Waals surface area contributed by atoms with Gasteiger partial charge in [0.15, 0.2) is 9.84 Å². The van der Waals surface area contributed by atoms with E-state index in [1.807, 2.05) is 6.92 Å². The second-order valence-corrected chi connectivity index (χ2v) is 7.42. The van der Waals surface area contributed by atoms with E-state index in [9.17, 15) is 8.42 Å². The van der Waals surface area contributed by atoms with Gasteiger partial charge in [-0.05, 0) is 25.5 Å². The smallest absolute Gasteiger partial charge is 0.152 e. The predicted octanol–water partition coefficient (Wildman–Crippen LogP) is 0.705. The van der Waals surface area contributed by atoms with E-state index < -0.39 is 15.4 Å². The minimum absolute atomic E-state index is 0.117. The zero-order valence-corrected chi connectivity index (χ0v) is 11.6. The van der Waals surface area contributed by atoms with Gasteiger partial charge >= 0.3 is 0 Å². The molecule has 0 bridgehead atoms. The van der Waals surface area contributed by atoms with Crippen LogP contribution >= 0.6 is 12.2 Å². The lowest BCUT2D eigenvalue weighted by molar-refractivity contribution is 0.574. The van der Waals surface area contributed by atoms with Crippen molar-refractivity contribution in [3.05, 3.63) is 24.0 Å². The number of anilines is 1. The Bertz CT molecular complexity index is 586. The number of sulfone groups is 1. The standard InChI is InChI=1S/C11H15N3O2S2/c1-11(4-6-18(15,16)7-11)14-8-3-2-5-13-9(8)10(12)17/h2-3,5,14H,4,6-7H2,1H3,(H2,12,17). The quantitative estimate of drug-likeness (QED) is 0.795. The molecule has 0 aromatic carbocycles. The molecule has 5 nitrogen and oxygen atoms in total. The number of hydrogen-bond donors (Lipinski definition) is 2. The number of nitrogens with two attached hydrogens (primary N) is 1. The molecule has 98 valence electrons. The average Bonchev–Trinajstić information content (AvgIpc) is 2.53. The van der Waals surface area contributed by atoms with Crippen molar-refractivity contribution in [3.63, 3.8) is 0 Å². The molecular weight excluding hydrogens is 270 g/mol. The maximum absolute atomic E-state index is 11.5. The molecular formula is C11H15N3O2S2. The number of nitrogens with one attached hydrogen (secondary N) is 1. The highest BCUT2D eigenvalue weighted by atomic mass is 32.2. The van der Waals surface area contributed by atoms with Crippen molar-refractivity contribution < 1.29 is 8.42 Å². The summed E-state index contributed by atoms with van der Waals surface area (Å²) < 4.78 is 23.1. The fourth-order valence-corrected chi connectivity index (χ4v) is 4.39. The Balaban J connectivity index is 2.28. The molecule has 1 saturated heterocycles. The molecule has 1 atom stereocenters. The lowest BCUT2D eigenvalue weighted by Crippen LogP contribution is -2.36. The summed E-state index contributed by atoms with van der Waals surface area (Å²) >= 11 is 4.93. The maximum atomic E-state index is 11.5. The molecule has 2 heterocycles. The lowest BCUT2D eigenvalue weighted by Gasteiger charge is -2.26. The molecule has 1 aromatic heterocycles. The summed E-state index contributed by atoms with van der Waals surface area (Å²) in [5.74, 6) is 0.324. The Morgan fingerprint density at radius 1 is 1.61 bits per heavy atom. The first kappa shape index (κ1) is 13.2. The van der Waals surface area contributed by atoms with Gasteiger partial charge in [0.1, 0.15) is 10.7 Å². The number of aromatic nitrogens is 1. The zero-order valence-electron chi connectivity index (χ0n) is 10.0. The first-order valence-corrected chi connectivity index (χ1v) is 7.78. The molecule has 18 heavy (non-hydrogen) atoms. The van der Waals surface area contributed by atoms with Crippen molar-refractivity contribution in [1.82, 2.24) is 4.98 Å². The summed E-state index contributed by atoms with van der Waals surface area (Å²) in [5, 5.41) is 3.21. The maximum Gasteiger partial charge on any atom is 0.152 e. The van der Waals surface area contributed by atoms with E-state index in [-0.39, 0.29) is 16.5 Å². The van der Waals surface area contributed by atoms with E-state index in [4.69, 9.17) is 18.0 Å². The van der Waals surface area contributed by atoms with Crippen molar-refractivity contribution >= 4 is 32.7 Å². The molecule has 1 aliphatic rings. The summed E-state index contributed by atoms with van der Waals surface area (Å²) in [6, 6.07) is 3.56. The van der Waals surface area contributed by atoms with Crippen LogP contribution in [-0.4, -0.2) is 35.4 Å². The predicted molar refractivity (Wildman–Crippen MR) is 75.4 cm³/mol. The highest BCUT2D eigenvalue weighted by molar-refractivity contribution is 7.91. The Labute approximate surface area is 112 Å². The molecule has 0 saturated carbocycles. The van der Waals surface area contributed by atoms with Gasteiger partial charge in [-0.3, -0.25) is 4.98 Å². The number of nitrogens with zero attached hydrogens (tertiary/aromatic N) is 1. The molecule has 1 aliphatic heterocycles. The van der Waals surface area contributed by atoms with E-state index in [2.05, 4.69) is 10.3 Å². The summed E-state index contributed by atoms with van der Waals surface area (Å²) in [6.07, 6.45) is 2.17. The minimum Gasteiger partial charge on any atom is -0.388 e. The molecule has 1 unspecified atom stereocenters. The van der Waals surface area contributed by atoms with Crippen LogP contribution in [-0.2, 0) is 9.84 Å². The highest BCUT2D eigenvalue weighted by Crippen LogP contribution is 2.28. The minimum atomic E-state index is -2.95. The lowest BCUT2D eigenvalue weighted by atomic mass is 10.0. The average molecular weight is 285 g/mol. The van der Waals surface area contributed by atoms with Gasteiger partial charge in [0.05, 0.1) is 17.2 Å². The van der Waals surface area contributed by atoms with Crippen molar-refractivity contribution in [2.75, 3.05) is 16.8 Å². The topological polar surface area (TPSA) is 85.1 Å². The van der Waals surface area contributed by atoms with Gasteiger partial charge in [-0.1, -0.05) is 12.2 Å². The Morgan fingerprint density at radius 3 is 2.89 bits per heavy atom. The van der Waals surface area contributed by atoms with E-state index in [0.29, 0.717) is 17.8 Å². The first-order chi connectivity index (χ1) is 8.31. The van der Waals surface area contributed by atoms with Crippen LogP contribution in [0.15, 0.2) is 18.3 Å². The third-order valence-corrected chi connectivity index (χ3v) is 5.08. The first-order valence-electron chi connectivity index (χ1n) is 5.55. The van der Waals surface area contributed by atoms with Gasteiger partial charge in [0.25, 0.3) is 0 Å². The number of pyridine rings is 1. The zero-order chi connectivity index (χ0) is 13.4. The molecule has 2 rings (SSSR count). The van der Waals surface area contributed by atoms with Crippen LogP contribution < -0.4 is 11.1 Å². The number of rotatable bonds is 3. The molecule has 0 radical (unpaired) electrons. The highest BCUT2D eigenvalue weighted by Gasteiger charge is 2.38. The molecule has 3 N–H and O–H groups in total. The van der Waals surface area contributed by atoms with Crippen molar-refractivity contribution in [1.29, 1.82) is 0 Å². The Hall–Kier alpha value is -1.21. The van der Waals surface area contributed by atoms with E-state index in [0.717, 1.165) is 0 Å². The van der Waals surface area contributed by atoms with Gasteiger partial charge < -0.3 is 11.1 Å². The third kappa shape index (κ3) is 2.78. The van der Waals surface area contributed by atoms with E-state index in [1.165, 1.54) is 0 Å². The summed E-state index contributed by atoms with van der Waals surface area (Å²) in [5.41, 5.74) is 6.29. The SMILES string of the molecule is CC1(Nc2cccnc2C(N)=S)CCS(=O)(=O)C1. The number of thiocarbonyl (C=S) groups is 1. The molecule has 1 fully saturated rings. The second-order valence-electron chi connectivity index (χ2n) is 4.79. The Morgan fingerprint density at radius 2 is 2.33 bits per heavy atom. The Kier molecular flexibility index (Phi) is 3.29. The van der Waals surface area contributed by atoms with Crippen LogP contribution in [0.4, 0.5) is 5.69 Å². The van der Waals surface area contributed by atoms with Gasteiger partial charge in [-0.25, -0.2) is 8.42 Å². The molecule has 0 spiro atoms.